The van der Waals surface area contributed by atoms with Gasteiger partial charge in [0, 0.05) is 5.92 Å². The van der Waals surface area contributed by atoms with Crippen molar-refractivity contribution in [2.75, 3.05) is 0 Å². The maximum Gasteiger partial charge on any atom is 0.0645 e. The van der Waals surface area contributed by atoms with Gasteiger partial charge in [0.05, 0.1) is 6.10 Å². The standard InChI is InChI=1S/C10H16O/c1-7(2)9-5-4-8(3)6-10(9)11/h4,9-11H,1,5-6H2,2-3H3/t9-,10+/m0/s1. The zero-order valence-corrected chi connectivity index (χ0v) is 7.30. The molecule has 1 aliphatic rings. The minimum absolute atomic E-state index is 0.197. The van der Waals surface area contributed by atoms with Crippen molar-refractivity contribution < 1.29 is 5.11 Å². The predicted octanol–water partition coefficient (Wildman–Crippen LogP) is 2.28. The predicted molar refractivity (Wildman–Crippen MR) is 47.3 cm³/mol. The molecular weight excluding hydrogens is 136 g/mol. The minimum atomic E-state index is -0.197. The largest absolute Gasteiger partial charge is 0.392 e. The average molecular weight is 152 g/mol. The Morgan fingerprint density at radius 2 is 2.36 bits per heavy atom. The van der Waals surface area contributed by atoms with Gasteiger partial charge in [0.1, 0.15) is 0 Å². The van der Waals surface area contributed by atoms with Crippen molar-refractivity contribution in [2.45, 2.75) is 32.8 Å². The van der Waals surface area contributed by atoms with Crippen LogP contribution < -0.4 is 0 Å². The molecule has 1 aliphatic carbocycles. The topological polar surface area (TPSA) is 20.2 Å². The summed E-state index contributed by atoms with van der Waals surface area (Å²) >= 11 is 0. The Kier molecular flexibility index (Phi) is 2.50. The molecule has 11 heavy (non-hydrogen) atoms. The van der Waals surface area contributed by atoms with Crippen LogP contribution in [0.15, 0.2) is 23.8 Å². The van der Waals surface area contributed by atoms with Crippen molar-refractivity contribution in [2.24, 2.45) is 5.92 Å². The van der Waals surface area contributed by atoms with Crippen LogP contribution in [0.2, 0.25) is 0 Å². The van der Waals surface area contributed by atoms with Crippen LogP contribution in [-0.2, 0) is 0 Å². The fourth-order valence-electron chi connectivity index (χ4n) is 1.57. The molecule has 0 radical (unpaired) electrons. The Morgan fingerprint density at radius 3 is 2.82 bits per heavy atom. The van der Waals surface area contributed by atoms with Crippen molar-refractivity contribution in [1.82, 2.24) is 0 Å². The second kappa shape index (κ2) is 3.22. The van der Waals surface area contributed by atoms with E-state index in [1.807, 2.05) is 6.92 Å². The van der Waals surface area contributed by atoms with Crippen molar-refractivity contribution >= 4 is 0 Å². The summed E-state index contributed by atoms with van der Waals surface area (Å²) in [7, 11) is 0. The van der Waals surface area contributed by atoms with Crippen LogP contribution in [0.5, 0.6) is 0 Å². The van der Waals surface area contributed by atoms with Crippen LogP contribution in [-0.4, -0.2) is 11.2 Å². The second-order valence-electron chi connectivity index (χ2n) is 3.51. The molecule has 2 atom stereocenters. The fraction of sp³-hybridized carbons (Fsp3) is 0.600. The number of aliphatic hydroxyl groups is 1. The summed E-state index contributed by atoms with van der Waals surface area (Å²) in [6, 6.07) is 0. The van der Waals surface area contributed by atoms with Gasteiger partial charge in [-0.3, -0.25) is 0 Å². The summed E-state index contributed by atoms with van der Waals surface area (Å²) in [5.41, 5.74) is 2.40. The van der Waals surface area contributed by atoms with E-state index in [-0.39, 0.29) is 6.10 Å². The number of hydrogen-bond acceptors (Lipinski definition) is 1. The van der Waals surface area contributed by atoms with Crippen molar-refractivity contribution in [3.8, 4) is 0 Å². The van der Waals surface area contributed by atoms with Gasteiger partial charge in [-0.1, -0.05) is 23.8 Å². The van der Waals surface area contributed by atoms with Gasteiger partial charge in [0.25, 0.3) is 0 Å². The first-order valence-corrected chi connectivity index (χ1v) is 4.10. The lowest BCUT2D eigenvalue weighted by atomic mass is 9.83. The van der Waals surface area contributed by atoms with Crippen LogP contribution in [0.1, 0.15) is 26.7 Å². The Balaban J connectivity index is 2.65. The number of aliphatic hydroxyl groups excluding tert-OH is 1. The molecule has 62 valence electrons. The first-order chi connectivity index (χ1) is 5.11. The van der Waals surface area contributed by atoms with Gasteiger partial charge in [-0.2, -0.15) is 0 Å². The van der Waals surface area contributed by atoms with E-state index >= 15 is 0 Å². The minimum Gasteiger partial charge on any atom is -0.392 e. The lowest BCUT2D eigenvalue weighted by molar-refractivity contribution is 0.120. The Bertz CT molecular complexity index is 191. The molecule has 0 aliphatic heterocycles. The van der Waals surface area contributed by atoms with Crippen LogP contribution in [0, 0.1) is 5.92 Å². The average Bonchev–Trinajstić information content (AvgIpc) is 1.85. The molecule has 0 saturated carbocycles. The van der Waals surface area contributed by atoms with Gasteiger partial charge in [-0.15, -0.1) is 0 Å². The van der Waals surface area contributed by atoms with Crippen LogP contribution >= 0.6 is 0 Å². The van der Waals surface area contributed by atoms with Gasteiger partial charge in [0.15, 0.2) is 0 Å². The molecule has 1 N–H and O–H groups in total. The van der Waals surface area contributed by atoms with E-state index in [1.54, 1.807) is 0 Å². The highest BCUT2D eigenvalue weighted by atomic mass is 16.3. The maximum absolute atomic E-state index is 9.61. The third-order valence-electron chi connectivity index (χ3n) is 2.35. The fourth-order valence-corrected chi connectivity index (χ4v) is 1.57. The van der Waals surface area contributed by atoms with Crippen molar-refractivity contribution in [3.05, 3.63) is 23.8 Å². The number of hydrogen-bond donors (Lipinski definition) is 1. The molecule has 0 bridgehead atoms. The molecule has 0 saturated heterocycles. The highest BCUT2D eigenvalue weighted by molar-refractivity contribution is 5.13. The molecule has 0 fully saturated rings. The SMILES string of the molecule is C=C(C)[C@@H]1CC=C(C)C[C@H]1O. The Hall–Kier alpha value is -0.560. The number of allylic oxidation sites excluding steroid dienone is 1. The molecule has 0 unspecified atom stereocenters. The lowest BCUT2D eigenvalue weighted by Crippen LogP contribution is -2.24. The third-order valence-corrected chi connectivity index (χ3v) is 2.35. The molecule has 0 amide bonds. The Morgan fingerprint density at radius 1 is 1.73 bits per heavy atom. The number of rotatable bonds is 1. The first kappa shape index (κ1) is 8.54. The van der Waals surface area contributed by atoms with Crippen LogP contribution in [0.25, 0.3) is 0 Å². The molecule has 0 aromatic carbocycles. The van der Waals surface area contributed by atoms with Gasteiger partial charge < -0.3 is 5.11 Å². The molecule has 0 heterocycles. The summed E-state index contributed by atoms with van der Waals surface area (Å²) in [5.74, 6) is 0.290. The zero-order valence-electron chi connectivity index (χ0n) is 7.30. The smallest absolute Gasteiger partial charge is 0.0645 e. The van der Waals surface area contributed by atoms with Gasteiger partial charge in [-0.05, 0) is 26.7 Å². The van der Waals surface area contributed by atoms with E-state index in [2.05, 4.69) is 19.6 Å². The quantitative estimate of drug-likeness (QED) is 0.571. The molecule has 0 spiro atoms. The molecular formula is C10H16O. The van der Waals surface area contributed by atoms with Crippen LogP contribution in [0.4, 0.5) is 0 Å². The zero-order chi connectivity index (χ0) is 8.43. The van der Waals surface area contributed by atoms with Crippen molar-refractivity contribution in [3.63, 3.8) is 0 Å². The van der Waals surface area contributed by atoms with E-state index in [9.17, 15) is 5.11 Å². The highest BCUT2D eigenvalue weighted by Gasteiger charge is 2.22. The van der Waals surface area contributed by atoms with Gasteiger partial charge in [-0.25, -0.2) is 0 Å². The van der Waals surface area contributed by atoms with E-state index < -0.39 is 0 Å². The van der Waals surface area contributed by atoms with Gasteiger partial charge in [0.2, 0.25) is 0 Å². The van der Waals surface area contributed by atoms with E-state index in [0.29, 0.717) is 5.92 Å². The summed E-state index contributed by atoms with van der Waals surface area (Å²) in [6.07, 6.45) is 3.78. The molecule has 0 aromatic heterocycles. The summed E-state index contributed by atoms with van der Waals surface area (Å²) in [5, 5.41) is 9.61. The molecule has 1 heteroatoms. The van der Waals surface area contributed by atoms with E-state index in [4.69, 9.17) is 0 Å². The van der Waals surface area contributed by atoms with Gasteiger partial charge >= 0.3 is 0 Å². The second-order valence-corrected chi connectivity index (χ2v) is 3.51. The summed E-state index contributed by atoms with van der Waals surface area (Å²) < 4.78 is 0. The molecule has 1 rings (SSSR count). The maximum atomic E-state index is 9.61. The lowest BCUT2D eigenvalue weighted by Gasteiger charge is -2.26. The summed E-state index contributed by atoms with van der Waals surface area (Å²) in [4.78, 5) is 0. The Labute approximate surface area is 68.4 Å². The first-order valence-electron chi connectivity index (χ1n) is 4.10. The monoisotopic (exact) mass is 152 g/mol. The van der Waals surface area contributed by atoms with E-state index in [0.717, 1.165) is 18.4 Å². The normalized spacial score (nSPS) is 31.4. The van der Waals surface area contributed by atoms with Crippen LogP contribution in [0.3, 0.4) is 0 Å². The third kappa shape index (κ3) is 1.93. The van der Waals surface area contributed by atoms with E-state index in [1.165, 1.54) is 5.57 Å². The highest BCUT2D eigenvalue weighted by Crippen LogP contribution is 2.28. The molecule has 1 nitrogen and oxygen atoms in total. The molecule has 0 aromatic rings. The summed E-state index contributed by atoms with van der Waals surface area (Å²) in [6.45, 7) is 7.92. The van der Waals surface area contributed by atoms with Crippen molar-refractivity contribution in [1.29, 1.82) is 0 Å².